The fourth-order valence-electron chi connectivity index (χ4n) is 1.01. The number of hydrogen-bond acceptors (Lipinski definition) is 3. The standard InChI is InChI=1S/C6H11NO4/c1-6(10)3-11-2-4(6)7-5(8)9/h4,7,10H,2-3H2,1H3,(H,8,9). The van der Waals surface area contributed by atoms with E-state index < -0.39 is 17.7 Å². The van der Waals surface area contributed by atoms with E-state index in [4.69, 9.17) is 9.84 Å². The van der Waals surface area contributed by atoms with Crippen LogP contribution in [0.5, 0.6) is 0 Å². The van der Waals surface area contributed by atoms with Crippen LogP contribution in [0.1, 0.15) is 6.92 Å². The molecule has 1 heterocycles. The van der Waals surface area contributed by atoms with Crippen molar-refractivity contribution in [3.05, 3.63) is 0 Å². The Bertz CT molecular complexity index is 168. The van der Waals surface area contributed by atoms with Gasteiger partial charge in [0.25, 0.3) is 0 Å². The summed E-state index contributed by atoms with van der Waals surface area (Å²) in [5.74, 6) is 0. The monoisotopic (exact) mass is 161 g/mol. The van der Waals surface area contributed by atoms with Crippen LogP contribution < -0.4 is 5.32 Å². The Morgan fingerprint density at radius 1 is 1.82 bits per heavy atom. The van der Waals surface area contributed by atoms with E-state index in [0.717, 1.165) is 0 Å². The van der Waals surface area contributed by atoms with Crippen molar-refractivity contribution in [2.75, 3.05) is 13.2 Å². The lowest BCUT2D eigenvalue weighted by atomic mass is 10.0. The first kappa shape index (κ1) is 8.29. The quantitative estimate of drug-likeness (QED) is 0.480. The number of ether oxygens (including phenoxy) is 1. The second-order valence-electron chi connectivity index (χ2n) is 2.87. The highest BCUT2D eigenvalue weighted by Gasteiger charge is 2.38. The average molecular weight is 161 g/mol. The van der Waals surface area contributed by atoms with Crippen LogP contribution in [0.25, 0.3) is 0 Å². The Morgan fingerprint density at radius 2 is 2.45 bits per heavy atom. The Hall–Kier alpha value is -0.810. The average Bonchev–Trinajstić information content (AvgIpc) is 2.10. The predicted octanol–water partition coefficient (Wildman–Crippen LogP) is -0.596. The van der Waals surface area contributed by atoms with Crippen molar-refractivity contribution in [2.45, 2.75) is 18.6 Å². The van der Waals surface area contributed by atoms with E-state index in [0.29, 0.717) is 0 Å². The Kier molecular flexibility index (Phi) is 2.01. The predicted molar refractivity (Wildman–Crippen MR) is 36.4 cm³/mol. The van der Waals surface area contributed by atoms with Gasteiger partial charge in [0.2, 0.25) is 0 Å². The van der Waals surface area contributed by atoms with Crippen molar-refractivity contribution in [2.24, 2.45) is 0 Å². The first-order valence-corrected chi connectivity index (χ1v) is 3.32. The van der Waals surface area contributed by atoms with E-state index in [9.17, 15) is 9.90 Å². The highest BCUT2D eigenvalue weighted by atomic mass is 16.5. The summed E-state index contributed by atoms with van der Waals surface area (Å²) in [5, 5.41) is 20.0. The molecule has 11 heavy (non-hydrogen) atoms. The summed E-state index contributed by atoms with van der Waals surface area (Å²) in [6.45, 7) is 1.96. The molecule has 1 saturated heterocycles. The van der Waals surface area contributed by atoms with Crippen LogP contribution in [0.3, 0.4) is 0 Å². The molecule has 0 radical (unpaired) electrons. The minimum absolute atomic E-state index is 0.179. The third-order valence-electron chi connectivity index (χ3n) is 1.73. The molecular formula is C6H11NO4. The maximum absolute atomic E-state index is 10.2. The minimum atomic E-state index is -1.14. The molecule has 0 saturated carbocycles. The van der Waals surface area contributed by atoms with Crippen LogP contribution in [-0.4, -0.2) is 41.2 Å². The van der Waals surface area contributed by atoms with Gasteiger partial charge < -0.3 is 20.3 Å². The van der Waals surface area contributed by atoms with E-state index in [1.54, 1.807) is 6.92 Å². The molecule has 0 aromatic rings. The number of carbonyl (C=O) groups is 1. The Labute approximate surface area is 64.0 Å². The summed E-state index contributed by atoms with van der Waals surface area (Å²) in [4.78, 5) is 10.2. The van der Waals surface area contributed by atoms with E-state index in [1.165, 1.54) is 0 Å². The highest BCUT2D eigenvalue weighted by molar-refractivity contribution is 5.65. The summed E-state index contributed by atoms with van der Waals surface area (Å²) < 4.78 is 4.90. The van der Waals surface area contributed by atoms with Gasteiger partial charge >= 0.3 is 6.09 Å². The van der Waals surface area contributed by atoms with Gasteiger partial charge in [0.1, 0.15) is 5.60 Å². The van der Waals surface area contributed by atoms with Crippen LogP contribution in [0.2, 0.25) is 0 Å². The van der Waals surface area contributed by atoms with Gasteiger partial charge in [0.15, 0.2) is 0 Å². The van der Waals surface area contributed by atoms with Crippen molar-refractivity contribution in [3.63, 3.8) is 0 Å². The van der Waals surface area contributed by atoms with Crippen LogP contribution in [0.4, 0.5) is 4.79 Å². The fourth-order valence-corrected chi connectivity index (χ4v) is 1.01. The van der Waals surface area contributed by atoms with Gasteiger partial charge in [-0.25, -0.2) is 4.79 Å². The van der Waals surface area contributed by atoms with Gasteiger partial charge in [-0.15, -0.1) is 0 Å². The largest absolute Gasteiger partial charge is 0.465 e. The van der Waals surface area contributed by atoms with Crippen LogP contribution in [-0.2, 0) is 4.74 Å². The molecule has 2 unspecified atom stereocenters. The van der Waals surface area contributed by atoms with E-state index in [1.807, 2.05) is 0 Å². The third-order valence-corrected chi connectivity index (χ3v) is 1.73. The Balaban J connectivity index is 2.51. The molecule has 5 heteroatoms. The molecule has 1 rings (SSSR count). The van der Waals surface area contributed by atoms with Gasteiger partial charge in [-0.2, -0.15) is 0 Å². The SMILES string of the molecule is CC1(O)COCC1NC(=O)O. The maximum Gasteiger partial charge on any atom is 0.405 e. The molecule has 0 bridgehead atoms. The molecule has 1 amide bonds. The topological polar surface area (TPSA) is 78.8 Å². The number of amides is 1. The van der Waals surface area contributed by atoms with Gasteiger partial charge in [-0.1, -0.05) is 0 Å². The molecule has 5 nitrogen and oxygen atoms in total. The van der Waals surface area contributed by atoms with E-state index in [-0.39, 0.29) is 13.2 Å². The summed E-state index contributed by atoms with van der Waals surface area (Å²) in [6, 6.07) is -0.514. The van der Waals surface area contributed by atoms with Crippen LogP contribution in [0, 0.1) is 0 Å². The Morgan fingerprint density at radius 3 is 2.82 bits per heavy atom. The molecule has 64 valence electrons. The minimum Gasteiger partial charge on any atom is -0.465 e. The third kappa shape index (κ3) is 1.81. The first-order chi connectivity index (χ1) is 5.02. The summed E-state index contributed by atoms with van der Waals surface area (Å²) in [6.07, 6.45) is -1.14. The second kappa shape index (κ2) is 2.67. The highest BCUT2D eigenvalue weighted by Crippen LogP contribution is 2.17. The van der Waals surface area contributed by atoms with Crippen LogP contribution in [0.15, 0.2) is 0 Å². The second-order valence-corrected chi connectivity index (χ2v) is 2.87. The van der Waals surface area contributed by atoms with E-state index >= 15 is 0 Å². The van der Waals surface area contributed by atoms with Gasteiger partial charge in [-0.3, -0.25) is 0 Å². The van der Waals surface area contributed by atoms with Gasteiger partial charge in [0, 0.05) is 0 Å². The smallest absolute Gasteiger partial charge is 0.405 e. The lowest BCUT2D eigenvalue weighted by Crippen LogP contribution is -2.49. The van der Waals surface area contributed by atoms with Crippen molar-refractivity contribution in [3.8, 4) is 0 Å². The van der Waals surface area contributed by atoms with Crippen LogP contribution >= 0.6 is 0 Å². The van der Waals surface area contributed by atoms with Crippen molar-refractivity contribution >= 4 is 6.09 Å². The fraction of sp³-hybridized carbons (Fsp3) is 0.833. The zero-order valence-corrected chi connectivity index (χ0v) is 6.20. The molecule has 0 aromatic heterocycles. The molecule has 0 spiro atoms. The molecule has 1 aliphatic rings. The van der Waals surface area contributed by atoms with Crippen molar-refractivity contribution in [1.29, 1.82) is 0 Å². The number of rotatable bonds is 1. The first-order valence-electron chi connectivity index (χ1n) is 3.32. The number of aliphatic hydroxyl groups is 1. The summed E-state index contributed by atoms with van der Waals surface area (Å²) in [5.41, 5.74) is -1.07. The molecule has 2 atom stereocenters. The number of nitrogens with one attached hydrogen (secondary N) is 1. The molecule has 1 aliphatic heterocycles. The van der Waals surface area contributed by atoms with E-state index in [2.05, 4.69) is 5.32 Å². The van der Waals surface area contributed by atoms with Crippen molar-refractivity contribution < 1.29 is 19.7 Å². The number of carboxylic acid groups (broad SMARTS) is 1. The van der Waals surface area contributed by atoms with Crippen molar-refractivity contribution in [1.82, 2.24) is 5.32 Å². The zero-order valence-electron chi connectivity index (χ0n) is 6.20. The zero-order chi connectivity index (χ0) is 8.48. The maximum atomic E-state index is 10.2. The normalized spacial score (nSPS) is 37.1. The molecule has 0 aliphatic carbocycles. The lowest BCUT2D eigenvalue weighted by Gasteiger charge is -2.22. The lowest BCUT2D eigenvalue weighted by molar-refractivity contribution is 0.0299. The molecule has 3 N–H and O–H groups in total. The van der Waals surface area contributed by atoms with Gasteiger partial charge in [-0.05, 0) is 6.92 Å². The summed E-state index contributed by atoms with van der Waals surface area (Å²) >= 11 is 0. The molecule has 0 aromatic carbocycles. The summed E-state index contributed by atoms with van der Waals surface area (Å²) in [7, 11) is 0. The molecular weight excluding hydrogens is 150 g/mol. The van der Waals surface area contributed by atoms with Gasteiger partial charge in [0.05, 0.1) is 19.3 Å². The number of hydrogen-bond donors (Lipinski definition) is 3. The molecule has 1 fully saturated rings.